The third-order valence-corrected chi connectivity index (χ3v) is 16.9. The van der Waals surface area contributed by atoms with Gasteiger partial charge in [-0.3, -0.25) is 19.2 Å². The number of fused-ring (bicyclic) bond motifs is 4. The second kappa shape index (κ2) is 8.98. The van der Waals surface area contributed by atoms with Crippen molar-refractivity contribution in [1.29, 1.82) is 0 Å². The molecule has 35 heavy (non-hydrogen) atoms. The zero-order valence-corrected chi connectivity index (χ0v) is 22.8. The monoisotopic (exact) mass is 526 g/mol. The fourth-order valence-electron chi connectivity index (χ4n) is 8.94. The summed E-state index contributed by atoms with van der Waals surface area (Å²) in [6, 6.07) is 1.60. The zero-order valence-electron chi connectivity index (χ0n) is 20.8. The Labute approximate surface area is 207 Å². The van der Waals surface area contributed by atoms with Crippen LogP contribution in [0.3, 0.4) is 0 Å². The summed E-state index contributed by atoms with van der Waals surface area (Å²) >= 11 is 0. The van der Waals surface area contributed by atoms with Crippen LogP contribution in [0, 0.1) is 59.2 Å². The van der Waals surface area contributed by atoms with Crippen LogP contribution < -0.4 is 0 Å². The van der Waals surface area contributed by atoms with Crippen molar-refractivity contribution in [3.63, 3.8) is 0 Å². The Morgan fingerprint density at radius 3 is 1.20 bits per heavy atom. The van der Waals surface area contributed by atoms with Crippen LogP contribution in [0.2, 0.25) is 38.3 Å². The van der Waals surface area contributed by atoms with Crippen LogP contribution >= 0.6 is 0 Å². The molecule has 4 N–H and O–H groups in total. The summed E-state index contributed by atoms with van der Waals surface area (Å²) in [6.07, 6.45) is 2.82. The molecule has 4 aliphatic carbocycles. The predicted octanol–water partition coefficient (Wildman–Crippen LogP) is 3.53. The average molecular weight is 527 g/mol. The Bertz CT molecular complexity index is 847. The Morgan fingerprint density at radius 1 is 0.600 bits per heavy atom. The Morgan fingerprint density at radius 2 is 0.914 bits per heavy atom. The lowest BCUT2D eigenvalue weighted by Crippen LogP contribution is -2.49. The van der Waals surface area contributed by atoms with Gasteiger partial charge in [0.2, 0.25) is 0 Å². The topological polar surface area (TPSA) is 158 Å². The minimum atomic E-state index is -2.21. The molecule has 0 aromatic carbocycles. The first-order valence-corrected chi connectivity index (χ1v) is 19.0. The molecule has 0 aromatic heterocycles. The Balaban J connectivity index is 1.39. The second-order valence-electron chi connectivity index (χ2n) is 12.8. The normalized spacial score (nSPS) is 40.2. The summed E-state index contributed by atoms with van der Waals surface area (Å²) in [5.41, 5.74) is 0. The van der Waals surface area contributed by atoms with Crippen molar-refractivity contribution < 1.29 is 43.7 Å². The maximum Gasteiger partial charge on any atom is 0.307 e. The van der Waals surface area contributed by atoms with Gasteiger partial charge < -0.3 is 24.5 Å². The SMILES string of the molecule is C[Si](C)(CC1CC2CC1C(C(=O)O)C2C(=O)O)O[Si](C)(C)CC1CC2CC1C(C(=O)O)C2C(=O)O. The van der Waals surface area contributed by atoms with Gasteiger partial charge in [-0.25, -0.2) is 0 Å². The molecule has 10 unspecified atom stereocenters. The van der Waals surface area contributed by atoms with E-state index in [-0.39, 0.29) is 35.5 Å². The molecule has 4 fully saturated rings. The maximum absolute atomic E-state index is 11.9. The van der Waals surface area contributed by atoms with Crippen molar-refractivity contribution in [2.24, 2.45) is 59.2 Å². The van der Waals surface area contributed by atoms with E-state index in [1.807, 2.05) is 0 Å². The number of aliphatic carboxylic acids is 4. The highest BCUT2D eigenvalue weighted by Crippen LogP contribution is 2.59. The van der Waals surface area contributed by atoms with Crippen LogP contribution in [-0.2, 0) is 23.3 Å². The van der Waals surface area contributed by atoms with E-state index >= 15 is 0 Å². The molecule has 4 saturated carbocycles. The average Bonchev–Trinajstić information content (AvgIpc) is 3.42. The number of carbonyl (C=O) groups is 4. The van der Waals surface area contributed by atoms with Gasteiger partial charge in [0.25, 0.3) is 0 Å². The van der Waals surface area contributed by atoms with Crippen molar-refractivity contribution >= 4 is 40.5 Å². The standard InChI is InChI=1S/C24H38O9Si2/c1-34(2,9-13-5-11-7-15(13)19(23(29)30)17(11)21(25)26)33-35(3,4)10-14-6-12-8-16(14)20(24(31)32)18(12)22(27)28/h11-20H,5-10H2,1-4H3,(H,25,26)(H,27,28)(H,29,30)(H,31,32). The quantitative estimate of drug-likeness (QED) is 0.312. The molecular formula is C24H38O9Si2. The van der Waals surface area contributed by atoms with E-state index in [1.54, 1.807) is 0 Å². The van der Waals surface area contributed by atoms with Crippen LogP contribution in [0.5, 0.6) is 0 Å². The first-order chi connectivity index (χ1) is 16.1. The smallest absolute Gasteiger partial charge is 0.307 e. The fraction of sp³-hybridized carbons (Fsp3) is 0.833. The van der Waals surface area contributed by atoms with E-state index < -0.39 is 64.2 Å². The van der Waals surface area contributed by atoms with E-state index in [1.165, 1.54) is 0 Å². The second-order valence-corrected chi connectivity index (χ2v) is 21.5. The van der Waals surface area contributed by atoms with Gasteiger partial charge in [-0.1, -0.05) is 0 Å². The molecule has 0 saturated heterocycles. The molecule has 10 atom stereocenters. The van der Waals surface area contributed by atoms with Gasteiger partial charge >= 0.3 is 23.9 Å². The summed E-state index contributed by atoms with van der Waals surface area (Å²) < 4.78 is 6.85. The van der Waals surface area contributed by atoms with Gasteiger partial charge in [0.05, 0.1) is 23.7 Å². The van der Waals surface area contributed by atoms with Gasteiger partial charge in [-0.2, -0.15) is 0 Å². The number of hydrogen-bond donors (Lipinski definition) is 4. The Hall–Kier alpha value is -1.73. The highest BCUT2D eigenvalue weighted by molar-refractivity contribution is 6.84. The van der Waals surface area contributed by atoms with Gasteiger partial charge in [-0.15, -0.1) is 0 Å². The molecule has 0 aromatic rings. The van der Waals surface area contributed by atoms with Gasteiger partial charge in [-0.05, 0) is 99.5 Å². The van der Waals surface area contributed by atoms with Crippen LogP contribution in [0.15, 0.2) is 0 Å². The molecule has 0 spiro atoms. The summed E-state index contributed by atoms with van der Waals surface area (Å²) in [5.74, 6) is -7.31. The first-order valence-electron chi connectivity index (χ1n) is 12.7. The minimum absolute atomic E-state index is 0.0807. The molecular weight excluding hydrogens is 488 g/mol. The molecule has 0 radical (unpaired) electrons. The number of carboxylic acid groups (broad SMARTS) is 4. The zero-order chi connectivity index (χ0) is 26.0. The molecule has 4 rings (SSSR count). The van der Waals surface area contributed by atoms with E-state index in [0.717, 1.165) is 24.9 Å². The predicted molar refractivity (Wildman–Crippen MR) is 130 cm³/mol. The third kappa shape index (κ3) is 4.83. The van der Waals surface area contributed by atoms with E-state index in [2.05, 4.69) is 26.2 Å². The summed E-state index contributed by atoms with van der Waals surface area (Å²) in [7, 11) is -4.41. The van der Waals surface area contributed by atoms with Crippen molar-refractivity contribution in [3.05, 3.63) is 0 Å². The first kappa shape index (κ1) is 26.3. The molecule has 0 aliphatic heterocycles. The molecule has 11 heteroatoms. The molecule has 4 aliphatic rings. The van der Waals surface area contributed by atoms with Gasteiger partial charge in [0, 0.05) is 0 Å². The Kier molecular flexibility index (Phi) is 6.76. The summed E-state index contributed by atoms with van der Waals surface area (Å²) in [5, 5.41) is 38.6. The lowest BCUT2D eigenvalue weighted by molar-refractivity contribution is -0.157. The van der Waals surface area contributed by atoms with Crippen molar-refractivity contribution in [1.82, 2.24) is 0 Å². The largest absolute Gasteiger partial charge is 0.481 e. The lowest BCUT2D eigenvalue weighted by Gasteiger charge is -2.41. The highest BCUT2D eigenvalue weighted by atomic mass is 28.4. The van der Waals surface area contributed by atoms with E-state index in [4.69, 9.17) is 4.12 Å². The molecule has 4 bridgehead atoms. The number of hydrogen-bond acceptors (Lipinski definition) is 5. The van der Waals surface area contributed by atoms with Crippen LogP contribution in [0.25, 0.3) is 0 Å². The highest BCUT2D eigenvalue weighted by Gasteiger charge is 2.60. The van der Waals surface area contributed by atoms with Gasteiger partial charge in [0.1, 0.15) is 0 Å². The summed E-state index contributed by atoms with van der Waals surface area (Å²) in [6.45, 7) is 8.61. The maximum atomic E-state index is 11.9. The molecule has 196 valence electrons. The molecule has 9 nitrogen and oxygen atoms in total. The van der Waals surface area contributed by atoms with Crippen LogP contribution in [0.1, 0.15) is 25.7 Å². The molecule has 0 heterocycles. The van der Waals surface area contributed by atoms with E-state index in [9.17, 15) is 39.6 Å². The molecule has 0 amide bonds. The minimum Gasteiger partial charge on any atom is -0.481 e. The van der Waals surface area contributed by atoms with Gasteiger partial charge in [0.15, 0.2) is 16.6 Å². The van der Waals surface area contributed by atoms with Crippen molar-refractivity contribution in [3.8, 4) is 0 Å². The van der Waals surface area contributed by atoms with Crippen LogP contribution in [0.4, 0.5) is 0 Å². The fourth-order valence-corrected chi connectivity index (χ4v) is 19.1. The lowest BCUT2D eigenvalue weighted by atomic mass is 9.74. The van der Waals surface area contributed by atoms with Crippen molar-refractivity contribution in [2.75, 3.05) is 0 Å². The summed E-state index contributed by atoms with van der Waals surface area (Å²) in [4.78, 5) is 47.1. The van der Waals surface area contributed by atoms with Crippen LogP contribution in [-0.4, -0.2) is 60.9 Å². The van der Waals surface area contributed by atoms with E-state index in [0.29, 0.717) is 12.8 Å². The number of carboxylic acids is 4. The number of rotatable bonds is 10. The third-order valence-electron chi connectivity index (χ3n) is 9.48. The van der Waals surface area contributed by atoms with Crippen molar-refractivity contribution in [2.45, 2.75) is 64.0 Å².